The van der Waals surface area contributed by atoms with E-state index in [1.54, 1.807) is 12.1 Å². The SMILES string of the molecule is Cc1cc(C)c(C2=C3C=C(Br)C=[N+]3[B-](F)(F)n3cc(Br)cc32)c(C)c1. The Bertz CT molecular complexity index is 1010. The van der Waals surface area contributed by atoms with Gasteiger partial charge in [0.1, 0.15) is 6.21 Å². The van der Waals surface area contributed by atoms with Gasteiger partial charge in [-0.1, -0.05) is 17.7 Å². The molecule has 0 bridgehead atoms. The van der Waals surface area contributed by atoms with Gasteiger partial charge >= 0.3 is 6.97 Å². The van der Waals surface area contributed by atoms with Gasteiger partial charge in [0.2, 0.25) is 0 Å². The van der Waals surface area contributed by atoms with Crippen LogP contribution >= 0.6 is 31.9 Å². The van der Waals surface area contributed by atoms with Crippen LogP contribution in [0, 0.1) is 20.8 Å². The molecular formula is C18H15BBr2F2N2. The highest BCUT2D eigenvalue weighted by Gasteiger charge is 2.52. The smallest absolute Gasteiger partial charge is 0.395 e. The van der Waals surface area contributed by atoms with Crippen molar-refractivity contribution in [1.29, 1.82) is 0 Å². The first-order valence-electron chi connectivity index (χ1n) is 7.93. The predicted molar refractivity (Wildman–Crippen MR) is 106 cm³/mol. The van der Waals surface area contributed by atoms with Crippen molar-refractivity contribution in [2.45, 2.75) is 20.8 Å². The van der Waals surface area contributed by atoms with Crippen molar-refractivity contribution in [1.82, 2.24) is 4.48 Å². The van der Waals surface area contributed by atoms with E-state index >= 15 is 8.63 Å². The maximum absolute atomic E-state index is 15.1. The molecular weight excluding hydrogens is 453 g/mol. The van der Waals surface area contributed by atoms with Gasteiger partial charge in [-0.05, 0) is 81.6 Å². The zero-order chi connectivity index (χ0) is 18.1. The summed E-state index contributed by atoms with van der Waals surface area (Å²) in [6, 6.07) is 5.96. The highest BCUT2D eigenvalue weighted by molar-refractivity contribution is 9.12. The molecule has 0 saturated heterocycles. The molecule has 3 heterocycles. The summed E-state index contributed by atoms with van der Waals surface area (Å²) in [6.45, 7) is 2.18. The third-order valence-electron chi connectivity index (χ3n) is 4.74. The van der Waals surface area contributed by atoms with Gasteiger partial charge in [0.05, 0.1) is 10.1 Å². The second kappa shape index (κ2) is 5.51. The lowest BCUT2D eigenvalue weighted by Crippen LogP contribution is -2.49. The summed E-state index contributed by atoms with van der Waals surface area (Å²) in [5.41, 5.74) is 6.23. The first-order valence-corrected chi connectivity index (χ1v) is 9.52. The van der Waals surface area contributed by atoms with E-state index in [1.807, 2.05) is 20.8 Å². The number of halogens is 4. The van der Waals surface area contributed by atoms with Crippen LogP contribution in [0.2, 0.25) is 0 Å². The average Bonchev–Trinajstić information content (AvgIpc) is 3.06. The van der Waals surface area contributed by atoms with Crippen molar-refractivity contribution >= 4 is 50.6 Å². The third kappa shape index (κ3) is 2.43. The van der Waals surface area contributed by atoms with Crippen LogP contribution in [0.3, 0.4) is 0 Å². The standard InChI is InChI=1S/C18H15BBr2F2N2/c1-10-4-11(2)17(12(3)5-10)18-15-6-13(20)8-24(15)19(22,23)25-9-14(21)7-16(18)25/h4-9H,1-3H3. The van der Waals surface area contributed by atoms with Gasteiger partial charge < -0.3 is 17.6 Å². The van der Waals surface area contributed by atoms with Crippen molar-refractivity contribution in [2.24, 2.45) is 0 Å². The molecule has 0 N–H and O–H groups in total. The van der Waals surface area contributed by atoms with E-state index in [1.165, 1.54) is 12.4 Å². The molecule has 128 valence electrons. The number of allylic oxidation sites excluding steroid dienone is 2. The number of hydrogen-bond acceptors (Lipinski definition) is 0. The summed E-state index contributed by atoms with van der Waals surface area (Å²) in [5, 5.41) is 0. The van der Waals surface area contributed by atoms with Gasteiger partial charge in [-0.25, -0.2) is 0 Å². The second-order valence-corrected chi connectivity index (χ2v) is 8.47. The van der Waals surface area contributed by atoms with Crippen LogP contribution in [0.15, 0.2) is 45.1 Å². The van der Waals surface area contributed by atoms with E-state index in [-0.39, 0.29) is 0 Å². The van der Waals surface area contributed by atoms with Gasteiger partial charge in [-0.15, -0.1) is 0 Å². The Morgan fingerprint density at radius 2 is 1.68 bits per heavy atom. The molecule has 2 aromatic rings. The molecule has 0 amide bonds. The molecule has 0 saturated carbocycles. The minimum atomic E-state index is -3.93. The number of hydrogen-bond donors (Lipinski definition) is 0. The Kier molecular flexibility index (Phi) is 3.74. The summed E-state index contributed by atoms with van der Waals surface area (Å²) in [4.78, 5) is 0. The maximum Gasteiger partial charge on any atom is 0.737 e. The molecule has 1 aromatic heterocycles. The molecule has 0 unspecified atom stereocenters. The van der Waals surface area contributed by atoms with E-state index in [0.717, 1.165) is 36.8 Å². The normalized spacial score (nSPS) is 18.0. The van der Waals surface area contributed by atoms with Gasteiger partial charge in [0, 0.05) is 16.2 Å². The summed E-state index contributed by atoms with van der Waals surface area (Å²) in [5.74, 6) is 0. The zero-order valence-corrected chi connectivity index (χ0v) is 17.1. The fraction of sp³-hybridized carbons (Fsp3) is 0.167. The van der Waals surface area contributed by atoms with Crippen LogP contribution < -0.4 is 0 Å². The molecule has 0 atom stereocenters. The molecule has 0 fully saturated rings. The topological polar surface area (TPSA) is 7.94 Å². The molecule has 1 aromatic carbocycles. The monoisotopic (exact) mass is 466 g/mol. The summed E-state index contributed by atoms with van der Waals surface area (Å²) < 4.78 is 33.7. The van der Waals surface area contributed by atoms with Crippen LogP contribution in [-0.4, -0.2) is 22.1 Å². The number of aromatic nitrogens is 1. The van der Waals surface area contributed by atoms with E-state index in [9.17, 15) is 0 Å². The van der Waals surface area contributed by atoms with Crippen LogP contribution in [0.5, 0.6) is 0 Å². The van der Waals surface area contributed by atoms with Crippen molar-refractivity contribution in [2.75, 3.05) is 0 Å². The van der Waals surface area contributed by atoms with Crippen LogP contribution in [-0.2, 0) is 0 Å². The van der Waals surface area contributed by atoms with Crippen molar-refractivity contribution in [3.63, 3.8) is 0 Å². The fourth-order valence-electron chi connectivity index (χ4n) is 3.90. The van der Waals surface area contributed by atoms with E-state index in [4.69, 9.17) is 0 Å². The minimum Gasteiger partial charge on any atom is -0.395 e. The number of aryl methyl sites for hydroxylation is 3. The Morgan fingerprint density at radius 3 is 2.32 bits per heavy atom. The lowest BCUT2D eigenvalue weighted by atomic mass is 9.83. The van der Waals surface area contributed by atoms with Crippen LogP contribution in [0.4, 0.5) is 8.63 Å². The summed E-state index contributed by atoms with van der Waals surface area (Å²) in [7, 11) is 0. The molecule has 0 aliphatic carbocycles. The maximum atomic E-state index is 15.1. The first kappa shape index (κ1) is 17.0. The highest BCUT2D eigenvalue weighted by Crippen LogP contribution is 2.43. The van der Waals surface area contributed by atoms with E-state index in [2.05, 4.69) is 44.0 Å². The average molecular weight is 468 g/mol. The molecule has 2 aliphatic heterocycles. The summed E-state index contributed by atoms with van der Waals surface area (Å²) >= 11 is 6.73. The minimum absolute atomic E-state index is 0.532. The van der Waals surface area contributed by atoms with E-state index in [0.29, 0.717) is 20.3 Å². The van der Waals surface area contributed by atoms with E-state index < -0.39 is 6.97 Å². The highest BCUT2D eigenvalue weighted by atomic mass is 79.9. The van der Waals surface area contributed by atoms with Gasteiger partial charge in [0.15, 0.2) is 5.70 Å². The van der Waals surface area contributed by atoms with Gasteiger partial charge in [-0.3, -0.25) is 0 Å². The lowest BCUT2D eigenvalue weighted by Gasteiger charge is -2.31. The largest absolute Gasteiger partial charge is 0.737 e. The second-order valence-electron chi connectivity index (χ2n) is 6.64. The molecule has 2 aliphatic rings. The Morgan fingerprint density at radius 1 is 1.04 bits per heavy atom. The Hall–Kier alpha value is -1.47. The Labute approximate surface area is 161 Å². The number of benzene rings is 1. The van der Waals surface area contributed by atoms with Crippen molar-refractivity contribution < 1.29 is 13.1 Å². The molecule has 2 nitrogen and oxygen atoms in total. The van der Waals surface area contributed by atoms with Gasteiger partial charge in [-0.2, -0.15) is 0 Å². The lowest BCUT2D eigenvalue weighted by molar-refractivity contribution is -0.356. The quantitative estimate of drug-likeness (QED) is 0.486. The first-order chi connectivity index (χ1) is 11.7. The molecule has 4 rings (SSSR count). The number of nitrogens with zero attached hydrogens (tertiary/aromatic N) is 2. The molecule has 0 spiro atoms. The fourth-order valence-corrected chi connectivity index (χ4v) is 4.78. The zero-order valence-electron chi connectivity index (χ0n) is 13.9. The third-order valence-corrected chi connectivity index (χ3v) is 5.61. The molecule has 0 radical (unpaired) electrons. The predicted octanol–water partition coefficient (Wildman–Crippen LogP) is 5.55. The van der Waals surface area contributed by atoms with Gasteiger partial charge in [0.25, 0.3) is 0 Å². The number of fused-ring (bicyclic) bond motifs is 2. The number of rotatable bonds is 1. The molecule has 7 heteroatoms. The molecule has 25 heavy (non-hydrogen) atoms. The van der Waals surface area contributed by atoms with Crippen molar-refractivity contribution in [3.8, 4) is 0 Å². The van der Waals surface area contributed by atoms with Crippen LogP contribution in [0.25, 0.3) is 5.57 Å². The van der Waals surface area contributed by atoms with Crippen LogP contribution in [0.1, 0.15) is 27.9 Å². The van der Waals surface area contributed by atoms with Crippen molar-refractivity contribution in [3.05, 3.63) is 73.1 Å². The summed E-state index contributed by atoms with van der Waals surface area (Å²) in [6.07, 6.45) is 4.70. The Balaban J connectivity index is 2.14.